The Kier molecular flexibility index (Phi) is 7.84. The molecule has 0 aromatic rings. The van der Waals surface area contributed by atoms with E-state index < -0.39 is 18.6 Å². The summed E-state index contributed by atoms with van der Waals surface area (Å²) in [6, 6.07) is -0.427. The summed E-state index contributed by atoms with van der Waals surface area (Å²) in [6.07, 6.45) is -2.31. The first-order valence-electron chi connectivity index (χ1n) is 6.54. The van der Waals surface area contributed by atoms with E-state index >= 15 is 0 Å². The van der Waals surface area contributed by atoms with Gasteiger partial charge in [-0.25, -0.2) is 0 Å². The maximum atomic E-state index is 12.4. The van der Waals surface area contributed by atoms with Crippen molar-refractivity contribution in [1.29, 1.82) is 0 Å². The van der Waals surface area contributed by atoms with E-state index in [-0.39, 0.29) is 0 Å². The molecular formula is C13H26F3N. The highest BCUT2D eigenvalue weighted by Gasteiger charge is 2.32. The van der Waals surface area contributed by atoms with E-state index in [0.717, 1.165) is 12.8 Å². The molecule has 1 nitrogen and oxygen atoms in total. The van der Waals surface area contributed by atoms with Crippen LogP contribution in [0.25, 0.3) is 0 Å². The third-order valence-electron chi connectivity index (χ3n) is 2.72. The summed E-state index contributed by atoms with van der Waals surface area (Å²) in [7, 11) is 0. The summed E-state index contributed by atoms with van der Waals surface area (Å²) in [5.74, 6) is 0.884. The normalized spacial score (nSPS) is 16.2. The number of alkyl halides is 3. The zero-order valence-electron chi connectivity index (χ0n) is 11.4. The van der Waals surface area contributed by atoms with Crippen molar-refractivity contribution in [3.05, 3.63) is 0 Å². The minimum absolute atomic E-state index is 0.340. The molecule has 0 bridgehead atoms. The largest absolute Gasteiger partial charge is 0.390 e. The molecule has 17 heavy (non-hydrogen) atoms. The Labute approximate surface area is 103 Å². The molecule has 0 spiro atoms. The van der Waals surface area contributed by atoms with Crippen LogP contribution in [0, 0.1) is 11.8 Å². The van der Waals surface area contributed by atoms with Gasteiger partial charge in [0.2, 0.25) is 0 Å². The molecule has 0 heterocycles. The van der Waals surface area contributed by atoms with Gasteiger partial charge in [0.05, 0.1) is 6.42 Å². The van der Waals surface area contributed by atoms with Gasteiger partial charge in [-0.1, -0.05) is 27.7 Å². The van der Waals surface area contributed by atoms with Crippen LogP contribution >= 0.6 is 0 Å². The van der Waals surface area contributed by atoms with E-state index in [1.165, 1.54) is 0 Å². The van der Waals surface area contributed by atoms with Crippen molar-refractivity contribution < 1.29 is 13.2 Å². The predicted octanol–water partition coefficient (Wildman–Crippen LogP) is 4.38. The lowest BCUT2D eigenvalue weighted by molar-refractivity contribution is -0.140. The fourth-order valence-electron chi connectivity index (χ4n) is 2.25. The number of halogens is 3. The van der Waals surface area contributed by atoms with Gasteiger partial charge in [-0.05, 0) is 37.6 Å². The first kappa shape index (κ1) is 16.8. The van der Waals surface area contributed by atoms with Gasteiger partial charge in [0.1, 0.15) is 0 Å². The minimum Gasteiger partial charge on any atom is -0.314 e. The van der Waals surface area contributed by atoms with Gasteiger partial charge >= 0.3 is 6.18 Å². The van der Waals surface area contributed by atoms with E-state index in [1.807, 2.05) is 13.8 Å². The van der Waals surface area contributed by atoms with Gasteiger partial charge in [0.25, 0.3) is 0 Å². The van der Waals surface area contributed by atoms with Crippen molar-refractivity contribution in [3.8, 4) is 0 Å². The van der Waals surface area contributed by atoms with Crippen molar-refractivity contribution in [2.75, 3.05) is 6.54 Å². The van der Waals surface area contributed by atoms with Crippen molar-refractivity contribution in [1.82, 2.24) is 5.32 Å². The highest BCUT2D eigenvalue weighted by atomic mass is 19.4. The number of hydrogen-bond donors (Lipinski definition) is 1. The van der Waals surface area contributed by atoms with E-state index in [1.54, 1.807) is 0 Å². The summed E-state index contributed by atoms with van der Waals surface area (Å²) in [5.41, 5.74) is 0. The first-order valence-corrected chi connectivity index (χ1v) is 6.54. The van der Waals surface area contributed by atoms with Crippen LogP contribution in [0.5, 0.6) is 0 Å². The summed E-state index contributed by atoms with van der Waals surface area (Å²) in [5, 5.41) is 3.01. The van der Waals surface area contributed by atoms with E-state index in [9.17, 15) is 13.2 Å². The second-order valence-corrected chi connectivity index (χ2v) is 5.44. The number of rotatable bonds is 8. The summed E-state index contributed by atoms with van der Waals surface area (Å²) in [6.45, 7) is 8.88. The molecule has 1 N–H and O–H groups in total. The van der Waals surface area contributed by atoms with Gasteiger partial charge in [0.15, 0.2) is 0 Å². The Hall–Kier alpha value is -0.250. The molecular weight excluding hydrogens is 227 g/mol. The maximum Gasteiger partial charge on any atom is 0.390 e. The molecule has 0 aliphatic heterocycles. The molecule has 0 fully saturated rings. The molecule has 0 aliphatic rings. The third-order valence-corrected chi connectivity index (χ3v) is 2.72. The van der Waals surface area contributed by atoms with Gasteiger partial charge in [0, 0.05) is 6.04 Å². The molecule has 2 atom stereocenters. The molecule has 0 aromatic heterocycles. The highest BCUT2D eigenvalue weighted by molar-refractivity contribution is 4.74. The lowest BCUT2D eigenvalue weighted by atomic mass is 9.91. The second kappa shape index (κ2) is 7.96. The fourth-order valence-corrected chi connectivity index (χ4v) is 2.25. The SMILES string of the molecule is CCCNC(CC(C)CC(C)C)CC(F)(F)F. The Balaban J connectivity index is 4.17. The molecule has 0 aromatic carbocycles. The van der Waals surface area contributed by atoms with E-state index in [2.05, 4.69) is 19.2 Å². The van der Waals surface area contributed by atoms with Gasteiger partial charge < -0.3 is 5.32 Å². The van der Waals surface area contributed by atoms with Crippen molar-refractivity contribution >= 4 is 0 Å². The summed E-state index contributed by atoms with van der Waals surface area (Å²) >= 11 is 0. The van der Waals surface area contributed by atoms with Crippen LogP contribution in [0.15, 0.2) is 0 Å². The molecule has 0 aliphatic carbocycles. The molecule has 0 radical (unpaired) electrons. The monoisotopic (exact) mass is 253 g/mol. The molecule has 104 valence electrons. The lowest BCUT2D eigenvalue weighted by Gasteiger charge is -2.24. The van der Waals surface area contributed by atoms with Crippen molar-refractivity contribution in [3.63, 3.8) is 0 Å². The Bertz CT molecular complexity index is 190. The fraction of sp³-hybridized carbons (Fsp3) is 1.00. The maximum absolute atomic E-state index is 12.4. The second-order valence-electron chi connectivity index (χ2n) is 5.44. The third kappa shape index (κ3) is 10.6. The Morgan fingerprint density at radius 3 is 2.06 bits per heavy atom. The van der Waals surface area contributed by atoms with Gasteiger partial charge in [-0.15, -0.1) is 0 Å². The smallest absolute Gasteiger partial charge is 0.314 e. The highest BCUT2D eigenvalue weighted by Crippen LogP contribution is 2.26. The minimum atomic E-state index is -4.07. The Morgan fingerprint density at radius 2 is 1.65 bits per heavy atom. The molecule has 2 unspecified atom stereocenters. The van der Waals surface area contributed by atoms with Crippen LogP contribution in [-0.4, -0.2) is 18.8 Å². The zero-order chi connectivity index (χ0) is 13.5. The van der Waals surface area contributed by atoms with Gasteiger partial charge in [-0.3, -0.25) is 0 Å². The molecule has 0 amide bonds. The van der Waals surface area contributed by atoms with Crippen LogP contribution in [0.1, 0.15) is 53.4 Å². The summed E-state index contributed by atoms with van der Waals surface area (Å²) < 4.78 is 37.2. The van der Waals surface area contributed by atoms with E-state index in [0.29, 0.717) is 24.8 Å². The Morgan fingerprint density at radius 1 is 1.06 bits per heavy atom. The molecule has 0 saturated carbocycles. The predicted molar refractivity (Wildman–Crippen MR) is 66.0 cm³/mol. The van der Waals surface area contributed by atoms with Gasteiger partial charge in [-0.2, -0.15) is 13.2 Å². The van der Waals surface area contributed by atoms with Crippen LogP contribution < -0.4 is 5.32 Å². The molecule has 4 heteroatoms. The van der Waals surface area contributed by atoms with Crippen molar-refractivity contribution in [2.24, 2.45) is 11.8 Å². The van der Waals surface area contributed by atoms with Crippen LogP contribution in [0.3, 0.4) is 0 Å². The van der Waals surface area contributed by atoms with Crippen LogP contribution in [-0.2, 0) is 0 Å². The molecule has 0 saturated heterocycles. The van der Waals surface area contributed by atoms with Crippen LogP contribution in [0.2, 0.25) is 0 Å². The number of nitrogens with one attached hydrogen (secondary N) is 1. The number of hydrogen-bond acceptors (Lipinski definition) is 1. The van der Waals surface area contributed by atoms with E-state index in [4.69, 9.17) is 0 Å². The zero-order valence-corrected chi connectivity index (χ0v) is 11.4. The lowest BCUT2D eigenvalue weighted by Crippen LogP contribution is -2.35. The molecule has 0 rings (SSSR count). The quantitative estimate of drug-likeness (QED) is 0.677. The van der Waals surface area contributed by atoms with Crippen LogP contribution in [0.4, 0.5) is 13.2 Å². The standard InChI is InChI=1S/C13H26F3N/c1-5-6-17-12(9-13(14,15)16)8-11(4)7-10(2)3/h10-12,17H,5-9H2,1-4H3. The summed E-state index contributed by atoms with van der Waals surface area (Å²) in [4.78, 5) is 0. The first-order chi connectivity index (χ1) is 7.74. The van der Waals surface area contributed by atoms with Crippen molar-refractivity contribution in [2.45, 2.75) is 65.6 Å². The average molecular weight is 253 g/mol. The topological polar surface area (TPSA) is 12.0 Å². The average Bonchev–Trinajstić information content (AvgIpc) is 2.10.